The van der Waals surface area contributed by atoms with Crippen molar-refractivity contribution in [1.29, 1.82) is 0 Å². The minimum absolute atomic E-state index is 0.544. The highest BCUT2D eigenvalue weighted by molar-refractivity contribution is 5.59. The molecule has 1 unspecified atom stereocenters. The summed E-state index contributed by atoms with van der Waals surface area (Å²) in [7, 11) is 0. The number of hydrogen-bond donors (Lipinski definition) is 1. The van der Waals surface area contributed by atoms with Crippen molar-refractivity contribution in [3.05, 3.63) is 54.1 Å². The van der Waals surface area contributed by atoms with E-state index in [1.54, 1.807) is 0 Å². The Morgan fingerprint density at radius 2 is 1.90 bits per heavy atom. The molecular weight excluding hydrogens is 248 g/mol. The van der Waals surface area contributed by atoms with E-state index < -0.39 is 0 Å². The van der Waals surface area contributed by atoms with Gasteiger partial charge in [0.2, 0.25) is 0 Å². The molecule has 104 valence electrons. The van der Waals surface area contributed by atoms with Gasteiger partial charge in [-0.25, -0.2) is 0 Å². The maximum atomic E-state index is 5.79. The molecule has 3 rings (SSSR count). The fourth-order valence-electron chi connectivity index (χ4n) is 2.80. The zero-order valence-electron chi connectivity index (χ0n) is 11.8. The number of rotatable bonds is 4. The number of para-hydroxylation sites is 1. The van der Waals surface area contributed by atoms with Gasteiger partial charge in [-0.2, -0.15) is 0 Å². The molecule has 0 fully saturated rings. The van der Waals surface area contributed by atoms with Crippen LogP contribution in [0.5, 0.6) is 5.75 Å². The van der Waals surface area contributed by atoms with Gasteiger partial charge >= 0.3 is 0 Å². The van der Waals surface area contributed by atoms with Crippen LogP contribution < -0.4 is 15.4 Å². The standard InChI is InChI=1S/C17H20N2O/c1-13-12-14-4-2-3-5-17(14)19(13)10-11-20-16-8-6-15(18)7-9-16/h2-9,13H,10-12,18H2,1H3. The minimum atomic E-state index is 0.544. The normalized spacial score (nSPS) is 17.1. The van der Waals surface area contributed by atoms with Gasteiger partial charge < -0.3 is 15.4 Å². The second-order valence-corrected chi connectivity index (χ2v) is 5.29. The molecule has 0 radical (unpaired) electrons. The van der Waals surface area contributed by atoms with Crippen LogP contribution in [-0.2, 0) is 6.42 Å². The maximum Gasteiger partial charge on any atom is 0.119 e. The third-order valence-corrected chi connectivity index (χ3v) is 3.83. The van der Waals surface area contributed by atoms with Crippen molar-refractivity contribution in [3.63, 3.8) is 0 Å². The van der Waals surface area contributed by atoms with E-state index in [1.165, 1.54) is 11.3 Å². The zero-order chi connectivity index (χ0) is 13.9. The highest BCUT2D eigenvalue weighted by Crippen LogP contribution is 2.31. The Hall–Kier alpha value is -2.16. The van der Waals surface area contributed by atoms with E-state index in [1.807, 2.05) is 24.3 Å². The predicted molar refractivity (Wildman–Crippen MR) is 83.3 cm³/mol. The summed E-state index contributed by atoms with van der Waals surface area (Å²) >= 11 is 0. The lowest BCUT2D eigenvalue weighted by Crippen LogP contribution is -2.33. The topological polar surface area (TPSA) is 38.5 Å². The summed E-state index contributed by atoms with van der Waals surface area (Å²) in [6, 6.07) is 16.7. The highest BCUT2D eigenvalue weighted by Gasteiger charge is 2.24. The van der Waals surface area contributed by atoms with Crippen LogP contribution >= 0.6 is 0 Å². The van der Waals surface area contributed by atoms with E-state index >= 15 is 0 Å². The van der Waals surface area contributed by atoms with E-state index in [0.29, 0.717) is 12.6 Å². The third-order valence-electron chi connectivity index (χ3n) is 3.83. The highest BCUT2D eigenvalue weighted by atomic mass is 16.5. The Kier molecular flexibility index (Phi) is 3.50. The van der Waals surface area contributed by atoms with Gasteiger partial charge in [-0.3, -0.25) is 0 Å². The summed E-state index contributed by atoms with van der Waals surface area (Å²) in [5.41, 5.74) is 9.21. The van der Waals surface area contributed by atoms with Crippen LogP contribution in [0.2, 0.25) is 0 Å². The van der Waals surface area contributed by atoms with Crippen LogP contribution in [0.1, 0.15) is 12.5 Å². The molecule has 2 N–H and O–H groups in total. The van der Waals surface area contributed by atoms with Crippen LogP contribution in [0.15, 0.2) is 48.5 Å². The smallest absolute Gasteiger partial charge is 0.119 e. The summed E-state index contributed by atoms with van der Waals surface area (Å²) in [5, 5.41) is 0. The largest absolute Gasteiger partial charge is 0.492 e. The maximum absolute atomic E-state index is 5.79. The predicted octanol–water partition coefficient (Wildman–Crippen LogP) is 3.10. The average Bonchev–Trinajstić information content (AvgIpc) is 2.77. The number of ether oxygens (including phenoxy) is 1. The van der Waals surface area contributed by atoms with E-state index in [-0.39, 0.29) is 0 Å². The molecule has 0 bridgehead atoms. The SMILES string of the molecule is CC1Cc2ccccc2N1CCOc1ccc(N)cc1. The summed E-state index contributed by atoms with van der Waals surface area (Å²) in [5.74, 6) is 0.874. The first kappa shape index (κ1) is 12.9. The third kappa shape index (κ3) is 2.57. The number of nitrogens with zero attached hydrogens (tertiary/aromatic N) is 1. The number of benzene rings is 2. The van der Waals surface area contributed by atoms with E-state index in [4.69, 9.17) is 10.5 Å². The van der Waals surface area contributed by atoms with Crippen molar-refractivity contribution >= 4 is 11.4 Å². The Bertz CT molecular complexity index is 580. The molecule has 1 atom stereocenters. The van der Waals surface area contributed by atoms with Gasteiger partial charge in [-0.15, -0.1) is 0 Å². The molecule has 2 aromatic carbocycles. The Morgan fingerprint density at radius 1 is 1.15 bits per heavy atom. The Balaban J connectivity index is 1.60. The quantitative estimate of drug-likeness (QED) is 0.866. The molecule has 0 amide bonds. The van der Waals surface area contributed by atoms with Crippen molar-refractivity contribution in [2.24, 2.45) is 0 Å². The second-order valence-electron chi connectivity index (χ2n) is 5.29. The lowest BCUT2D eigenvalue weighted by atomic mass is 10.1. The summed E-state index contributed by atoms with van der Waals surface area (Å²) in [6.45, 7) is 3.86. The van der Waals surface area contributed by atoms with Crippen molar-refractivity contribution in [1.82, 2.24) is 0 Å². The van der Waals surface area contributed by atoms with Crippen molar-refractivity contribution in [3.8, 4) is 5.75 Å². The van der Waals surface area contributed by atoms with Crippen LogP contribution in [0.25, 0.3) is 0 Å². The number of anilines is 2. The lowest BCUT2D eigenvalue weighted by Gasteiger charge is -2.24. The molecule has 0 saturated heterocycles. The fourth-order valence-corrected chi connectivity index (χ4v) is 2.80. The zero-order valence-corrected chi connectivity index (χ0v) is 11.8. The van der Waals surface area contributed by atoms with Gasteiger partial charge in [0.25, 0.3) is 0 Å². The molecular formula is C17H20N2O. The first-order valence-corrected chi connectivity index (χ1v) is 7.07. The van der Waals surface area contributed by atoms with Gasteiger partial charge in [-0.05, 0) is 49.2 Å². The molecule has 3 nitrogen and oxygen atoms in total. The summed E-state index contributed by atoms with van der Waals surface area (Å²) < 4.78 is 5.79. The average molecular weight is 268 g/mol. The van der Waals surface area contributed by atoms with Crippen molar-refractivity contribution in [2.45, 2.75) is 19.4 Å². The molecule has 1 heterocycles. The first-order chi connectivity index (χ1) is 9.74. The van der Waals surface area contributed by atoms with Gasteiger partial charge in [-0.1, -0.05) is 18.2 Å². The summed E-state index contributed by atoms with van der Waals surface area (Å²) in [4.78, 5) is 2.42. The van der Waals surface area contributed by atoms with Gasteiger partial charge in [0, 0.05) is 17.4 Å². The molecule has 1 aliphatic heterocycles. The Morgan fingerprint density at radius 3 is 2.70 bits per heavy atom. The monoisotopic (exact) mass is 268 g/mol. The van der Waals surface area contributed by atoms with E-state index in [9.17, 15) is 0 Å². The van der Waals surface area contributed by atoms with Gasteiger partial charge in [0.15, 0.2) is 0 Å². The van der Waals surface area contributed by atoms with E-state index in [2.05, 4.69) is 36.1 Å². The first-order valence-electron chi connectivity index (χ1n) is 7.07. The molecule has 1 aliphatic rings. The number of fused-ring (bicyclic) bond motifs is 1. The van der Waals surface area contributed by atoms with E-state index in [0.717, 1.165) is 24.4 Å². The van der Waals surface area contributed by atoms with Crippen LogP contribution in [0, 0.1) is 0 Å². The molecule has 0 aromatic heterocycles. The van der Waals surface area contributed by atoms with Crippen molar-refractivity contribution < 1.29 is 4.74 Å². The van der Waals surface area contributed by atoms with Crippen molar-refractivity contribution in [2.75, 3.05) is 23.8 Å². The van der Waals surface area contributed by atoms with Crippen LogP contribution in [0.4, 0.5) is 11.4 Å². The number of hydrogen-bond acceptors (Lipinski definition) is 3. The number of nitrogen functional groups attached to an aromatic ring is 1. The van der Waals surface area contributed by atoms with Gasteiger partial charge in [0.1, 0.15) is 12.4 Å². The molecule has 0 spiro atoms. The van der Waals surface area contributed by atoms with Gasteiger partial charge in [0.05, 0.1) is 6.54 Å². The second kappa shape index (κ2) is 5.45. The summed E-state index contributed by atoms with van der Waals surface area (Å²) in [6.07, 6.45) is 1.12. The Labute approximate surface area is 120 Å². The molecule has 0 aliphatic carbocycles. The van der Waals surface area contributed by atoms with Crippen LogP contribution in [-0.4, -0.2) is 19.2 Å². The molecule has 0 saturated carbocycles. The molecule has 3 heteroatoms. The molecule has 2 aromatic rings. The fraction of sp³-hybridized carbons (Fsp3) is 0.294. The molecule has 20 heavy (non-hydrogen) atoms. The minimum Gasteiger partial charge on any atom is -0.492 e. The lowest BCUT2D eigenvalue weighted by molar-refractivity contribution is 0.321. The van der Waals surface area contributed by atoms with Crippen LogP contribution in [0.3, 0.4) is 0 Å². The number of nitrogens with two attached hydrogens (primary N) is 1.